The van der Waals surface area contributed by atoms with Crippen LogP contribution in [0.15, 0.2) is 47.5 Å². The van der Waals surface area contributed by atoms with Crippen LogP contribution in [0.5, 0.6) is 11.8 Å². The Morgan fingerprint density at radius 3 is 2.21 bits per heavy atom. The number of carbonyl (C=O) groups is 1. The van der Waals surface area contributed by atoms with E-state index in [1.165, 1.54) is 6.33 Å². The number of hydrogen-bond acceptors (Lipinski definition) is 12. The molecule has 3 aromatic rings. The van der Waals surface area contributed by atoms with E-state index in [-0.39, 0.29) is 17.7 Å². The second kappa shape index (κ2) is 15.8. The minimum atomic E-state index is -0.333. The first-order chi connectivity index (χ1) is 15.8. The lowest BCUT2D eigenvalue weighted by Crippen LogP contribution is -2.27. The van der Waals surface area contributed by atoms with Crippen LogP contribution < -0.4 is 22.9 Å². The summed E-state index contributed by atoms with van der Waals surface area (Å²) in [4.78, 5) is 26.8. The van der Waals surface area contributed by atoms with Crippen LogP contribution in [0.3, 0.4) is 0 Å². The van der Waals surface area contributed by atoms with Crippen LogP contribution in [0, 0.1) is 0 Å². The fraction of sp³-hybridized carbons (Fsp3) is 0.350. The van der Waals surface area contributed by atoms with E-state index in [2.05, 4.69) is 19.9 Å². The van der Waals surface area contributed by atoms with Crippen molar-refractivity contribution in [3.63, 3.8) is 0 Å². The number of anilines is 2. The average Bonchev–Trinajstić information content (AvgIpc) is 3.45. The minimum Gasteiger partial charge on any atom is -0.493 e. The van der Waals surface area contributed by atoms with Crippen molar-refractivity contribution in [3.05, 3.63) is 48.8 Å². The zero-order valence-electron chi connectivity index (χ0n) is 18.2. The molecule has 1 aliphatic heterocycles. The summed E-state index contributed by atoms with van der Waals surface area (Å²) in [6.45, 7) is 2.98. The van der Waals surface area contributed by atoms with Gasteiger partial charge >= 0.3 is 0 Å². The molecule has 4 heterocycles. The molecule has 10 N–H and O–H groups in total. The third-order valence-electron chi connectivity index (χ3n) is 3.91. The highest BCUT2D eigenvalue weighted by Gasteiger charge is 2.18. The van der Waals surface area contributed by atoms with E-state index >= 15 is 0 Å². The van der Waals surface area contributed by atoms with Crippen molar-refractivity contribution in [2.75, 3.05) is 31.1 Å². The molecule has 180 valence electrons. The molecule has 13 heteroatoms. The molecule has 1 saturated heterocycles. The number of rotatable bonds is 4. The zero-order chi connectivity index (χ0) is 24.5. The van der Waals surface area contributed by atoms with Crippen LogP contribution in [0.25, 0.3) is 0 Å². The maximum Gasteiger partial charge on any atom is 0.226 e. The molecule has 1 fully saturated rings. The normalized spacial score (nSPS) is 11.9. The van der Waals surface area contributed by atoms with Gasteiger partial charge < -0.3 is 42.5 Å². The van der Waals surface area contributed by atoms with E-state index in [1.54, 1.807) is 18.5 Å². The topological polar surface area (TPSA) is 230 Å². The third kappa shape index (κ3) is 12.5. The van der Waals surface area contributed by atoms with Gasteiger partial charge in [0.15, 0.2) is 0 Å². The number of aromatic hydroxyl groups is 2. The summed E-state index contributed by atoms with van der Waals surface area (Å²) in [5.41, 5.74) is 20.7. The first-order valence-electron chi connectivity index (χ1n) is 10.1. The SMILES string of the molecule is NCCCN1CCCC1=O.NCc1ccco1.Nc1ccncn1.Nc1nc(O)cc(O)n1. The Labute approximate surface area is 191 Å². The molecule has 0 unspecified atom stereocenters. The Hall–Kier alpha value is -3.97. The van der Waals surface area contributed by atoms with Gasteiger partial charge in [0.05, 0.1) is 18.9 Å². The van der Waals surface area contributed by atoms with Gasteiger partial charge in [-0.2, -0.15) is 9.97 Å². The number of aromatic nitrogens is 4. The van der Waals surface area contributed by atoms with E-state index < -0.39 is 0 Å². The number of likely N-dealkylation sites (tertiary alicyclic amines) is 1. The predicted octanol–water partition coefficient (Wildman–Crippen LogP) is 0.225. The highest BCUT2D eigenvalue weighted by atomic mass is 16.3. The molecule has 1 amide bonds. The Balaban J connectivity index is 0.000000222. The average molecular weight is 462 g/mol. The van der Waals surface area contributed by atoms with Crippen molar-refractivity contribution in [1.82, 2.24) is 24.8 Å². The highest BCUT2D eigenvalue weighted by Crippen LogP contribution is 2.12. The molecule has 33 heavy (non-hydrogen) atoms. The van der Waals surface area contributed by atoms with Gasteiger partial charge in [-0.05, 0) is 37.6 Å². The highest BCUT2D eigenvalue weighted by molar-refractivity contribution is 5.77. The molecule has 0 aromatic carbocycles. The number of amides is 1. The van der Waals surface area contributed by atoms with Crippen LogP contribution in [0.2, 0.25) is 0 Å². The molecule has 0 atom stereocenters. The number of nitrogen functional groups attached to an aromatic ring is 2. The molecule has 3 aromatic heterocycles. The number of furan rings is 1. The van der Waals surface area contributed by atoms with Gasteiger partial charge in [-0.15, -0.1) is 0 Å². The van der Waals surface area contributed by atoms with Crippen molar-refractivity contribution in [2.24, 2.45) is 11.5 Å². The minimum absolute atomic E-state index is 0.146. The standard InChI is InChI=1S/C7H14N2O.C5H7NO.C4H5N3O2.C4H5N3/c8-4-2-6-9-5-1-3-7(9)10;6-4-5-2-1-3-7-5;5-4-6-2(8)1-3(9)7-4;5-4-1-2-6-3-7-4/h1-6,8H2;1-3H,4,6H2;1H,(H4,5,6,7,8,9);1-3H,(H2,5,6,7). The molecule has 4 rings (SSSR count). The lowest BCUT2D eigenvalue weighted by molar-refractivity contribution is -0.127. The van der Waals surface area contributed by atoms with Crippen LogP contribution in [0.4, 0.5) is 11.8 Å². The maximum absolute atomic E-state index is 11.0. The van der Waals surface area contributed by atoms with Gasteiger partial charge in [-0.25, -0.2) is 9.97 Å². The molecule has 13 nitrogen and oxygen atoms in total. The van der Waals surface area contributed by atoms with E-state index in [0.29, 0.717) is 24.8 Å². The molecule has 1 aliphatic rings. The summed E-state index contributed by atoms with van der Waals surface area (Å²) in [6.07, 6.45) is 7.33. The number of nitrogens with two attached hydrogens (primary N) is 4. The third-order valence-corrected chi connectivity index (χ3v) is 3.91. The Bertz CT molecular complexity index is 861. The number of carbonyl (C=O) groups excluding carboxylic acids is 1. The fourth-order valence-corrected chi connectivity index (χ4v) is 2.39. The second-order valence-corrected chi connectivity index (χ2v) is 6.49. The quantitative estimate of drug-likeness (QED) is 0.306. The Morgan fingerprint density at radius 2 is 1.85 bits per heavy atom. The van der Waals surface area contributed by atoms with E-state index in [4.69, 9.17) is 37.6 Å². The predicted molar refractivity (Wildman–Crippen MR) is 122 cm³/mol. The van der Waals surface area contributed by atoms with Crippen LogP contribution >= 0.6 is 0 Å². The molecule has 0 radical (unpaired) electrons. The molecule has 0 bridgehead atoms. The van der Waals surface area contributed by atoms with Crippen LogP contribution in [0.1, 0.15) is 25.0 Å². The first kappa shape index (κ1) is 27.1. The molecular weight excluding hydrogens is 430 g/mol. The van der Waals surface area contributed by atoms with E-state index in [9.17, 15) is 4.79 Å². The largest absolute Gasteiger partial charge is 0.493 e. The fourth-order valence-electron chi connectivity index (χ4n) is 2.39. The van der Waals surface area contributed by atoms with Crippen molar-refractivity contribution in [2.45, 2.75) is 25.8 Å². The molecular formula is C20H31N9O4. The first-order valence-corrected chi connectivity index (χ1v) is 10.1. The lowest BCUT2D eigenvalue weighted by Gasteiger charge is -2.13. The van der Waals surface area contributed by atoms with Gasteiger partial charge in [0.25, 0.3) is 0 Å². The molecule has 0 aliphatic carbocycles. The summed E-state index contributed by atoms with van der Waals surface area (Å²) in [7, 11) is 0. The van der Waals surface area contributed by atoms with Gasteiger partial charge in [0.1, 0.15) is 17.9 Å². The van der Waals surface area contributed by atoms with Crippen molar-refractivity contribution >= 4 is 17.7 Å². The number of hydrogen-bond donors (Lipinski definition) is 6. The monoisotopic (exact) mass is 461 g/mol. The van der Waals surface area contributed by atoms with E-state index in [0.717, 1.165) is 44.2 Å². The van der Waals surface area contributed by atoms with Crippen molar-refractivity contribution in [1.29, 1.82) is 0 Å². The van der Waals surface area contributed by atoms with Crippen molar-refractivity contribution in [3.8, 4) is 11.8 Å². The zero-order valence-corrected chi connectivity index (χ0v) is 18.2. The summed E-state index contributed by atoms with van der Waals surface area (Å²) >= 11 is 0. The van der Waals surface area contributed by atoms with Gasteiger partial charge in [0, 0.05) is 25.7 Å². The maximum atomic E-state index is 11.0. The van der Waals surface area contributed by atoms with Gasteiger partial charge in [0.2, 0.25) is 23.6 Å². The summed E-state index contributed by atoms with van der Waals surface area (Å²) in [6, 6.07) is 6.30. The smallest absolute Gasteiger partial charge is 0.226 e. The number of nitrogens with zero attached hydrogens (tertiary/aromatic N) is 5. The van der Waals surface area contributed by atoms with Crippen molar-refractivity contribution < 1.29 is 19.4 Å². The Morgan fingerprint density at radius 1 is 1.12 bits per heavy atom. The van der Waals surface area contributed by atoms with Crippen LogP contribution in [-0.4, -0.2) is 60.6 Å². The molecule has 0 spiro atoms. The molecule has 0 saturated carbocycles. The lowest BCUT2D eigenvalue weighted by atomic mass is 10.4. The van der Waals surface area contributed by atoms with Crippen LogP contribution in [-0.2, 0) is 11.3 Å². The van der Waals surface area contributed by atoms with Gasteiger partial charge in [-0.1, -0.05) is 0 Å². The second-order valence-electron chi connectivity index (χ2n) is 6.49. The summed E-state index contributed by atoms with van der Waals surface area (Å²) in [5.74, 6) is 0.830. The Kier molecular flexibility index (Phi) is 12.9. The summed E-state index contributed by atoms with van der Waals surface area (Å²) < 4.78 is 4.86. The summed E-state index contributed by atoms with van der Waals surface area (Å²) in [5, 5.41) is 17.2. The van der Waals surface area contributed by atoms with Gasteiger partial charge in [-0.3, -0.25) is 4.79 Å². The van der Waals surface area contributed by atoms with E-state index in [1.807, 2.05) is 17.0 Å².